The summed E-state index contributed by atoms with van der Waals surface area (Å²) in [6.07, 6.45) is 5.85. The number of rotatable bonds is 8. The van der Waals surface area contributed by atoms with Gasteiger partial charge in [-0.15, -0.1) is 0 Å². The number of aromatic nitrogens is 6. The van der Waals surface area contributed by atoms with Crippen LogP contribution in [0.5, 0.6) is 0 Å². The van der Waals surface area contributed by atoms with Crippen molar-refractivity contribution in [2.45, 2.75) is 60.0 Å². The number of hydrogen-bond donors (Lipinski definition) is 5. The van der Waals surface area contributed by atoms with Gasteiger partial charge in [0.15, 0.2) is 5.84 Å². The molecule has 2 saturated heterocycles. The van der Waals surface area contributed by atoms with Gasteiger partial charge in [-0.2, -0.15) is 4.98 Å². The molecule has 7 heterocycles. The van der Waals surface area contributed by atoms with Crippen molar-refractivity contribution in [3.05, 3.63) is 131 Å². The van der Waals surface area contributed by atoms with E-state index >= 15 is 0 Å². The number of imidazole rings is 2. The Morgan fingerprint density at radius 3 is 0.880 bits per heavy atom. The minimum atomic E-state index is -0.857. The molecule has 0 unspecified atom stereocenters. The fourth-order valence-corrected chi connectivity index (χ4v) is 7.65. The van der Waals surface area contributed by atoms with E-state index in [0.29, 0.717) is 64.4 Å². The maximum absolute atomic E-state index is 13.0. The average Bonchev–Trinajstić information content (AvgIpc) is 1.64. The van der Waals surface area contributed by atoms with Crippen LogP contribution in [0.15, 0.2) is 95.1 Å². The number of methoxy groups -OCH3 is 1. The van der Waals surface area contributed by atoms with Gasteiger partial charge in [0.25, 0.3) is 11.8 Å². The van der Waals surface area contributed by atoms with Crippen molar-refractivity contribution in [2.75, 3.05) is 43.9 Å². The van der Waals surface area contributed by atoms with Crippen LogP contribution in [0.25, 0.3) is 22.7 Å². The quantitative estimate of drug-likeness (QED) is 0.0311. The number of carbonyl (C=O) groups is 5. The number of aliphatic carboxylic acids is 1. The number of aryl methyl sites for hydroxylation is 4. The molecule has 7 aromatic rings. The summed E-state index contributed by atoms with van der Waals surface area (Å²) in [5.74, 6) is -0.954. The molecule has 6 N–H and O–H groups in total. The molecule has 0 bridgehead atoms. The fourth-order valence-electron chi connectivity index (χ4n) is 7.65. The Morgan fingerprint density at radius 1 is 0.380 bits per heavy atom. The van der Waals surface area contributed by atoms with E-state index < -0.39 is 23.6 Å². The number of likely N-dealkylation sites (tertiary alicyclic amines) is 2. The number of nitrogens with two attached hydrogens (primary N) is 1. The number of nitrogens with one attached hydrogen (secondary N) is 2. The molecule has 2 aliphatic heterocycles. The summed E-state index contributed by atoms with van der Waals surface area (Å²) in [6.45, 7) is 14.4. The molecule has 924 valence electrons. The average molecular weight is 2470 g/mol. The SMILES string of the molecule is CC(C)(C)OC(=O)N1CC(C(=O)O)C1.COC(=O)N1CC(c2nc(-c3cc(NC(=O)c4cnc5ccccn45)c(C)cc3C)no2)C1.Cc1cc(C)c(/C(N)=N/O)cc1NC(=O)c1cnc2ccccn12.F.FF.FF.FF.FF.FF.FF.FF.FF.FF.FF.FF.FF.FF.FF.FF.FF.FF.FF.FF.FF.FF.FF.FF.FF.FF.FF.FF.FF.FF.FF.FF.FF.FF.FF.FF.FF.FF.FF.FF. The van der Waals surface area contributed by atoms with E-state index in [-0.39, 0.29) is 47.5 Å². The number of oxime groups is 1. The van der Waals surface area contributed by atoms with Crippen molar-refractivity contribution in [1.82, 2.24) is 38.7 Å². The van der Waals surface area contributed by atoms with Crippen LogP contribution < -0.4 is 16.4 Å². The summed E-state index contributed by atoms with van der Waals surface area (Å²) >= 11 is 0. The maximum atomic E-state index is 13.0. The topological polar surface area (TPSA) is 287 Å². The standard InChI is InChI=1S/C23H22N6O4.C17H17N5O2.C9H15NO4.39F2.FH/c1-13-8-14(2)17(25-21(30)18-10-24-19-6-4-5-7-29(18)19)9-16(13)20-26-22(33-27-20)15-11-28(12-15)23(31)32-3;1-10-7-11(2)13(8-12(10)16(18)21-24)20-17(23)14-9-19-15-5-3-4-6-22(14)15;1-9(2,3)14-8(13)10-4-6(5-10)7(11)12;39*1-2;/h4-10,15H,11-12H2,1-3H3,(H,25,30);3-9,24H,1-2H3,(H2,18,21)(H,20,23);6H,4-5H2,1-3H3,(H,11,12);;;;;;;;;;;;;;;;;;;;;;;;;;;;;;;;;;;;;;;;1H. The predicted octanol–water partition coefficient (Wildman–Crippen LogP) is 39.6. The van der Waals surface area contributed by atoms with Gasteiger partial charge in [0.2, 0.25) is 11.7 Å². The largest absolute Gasteiger partial charge is 0.481 e. The number of fused-ring (bicyclic) bond motifs is 2. The first-order valence-corrected chi connectivity index (χ1v) is 27.9. The van der Waals surface area contributed by atoms with Crippen molar-refractivity contribution < 1.29 is 410 Å². The zero-order chi connectivity index (χ0) is 129. The summed E-state index contributed by atoms with van der Waals surface area (Å²) in [5, 5.41) is 30.5. The Hall–Kier alpha value is -14.4. The molecular weight excluding hydrogens is 2420 g/mol. The molecule has 101 heteroatoms. The molecule has 0 atom stereocenters. The molecule has 2 aliphatic rings. The summed E-state index contributed by atoms with van der Waals surface area (Å²) in [7, 11) is 1.35. The summed E-state index contributed by atoms with van der Waals surface area (Å²) in [6, 6.07) is 18.5. The highest BCUT2D eigenvalue weighted by atomic mass is 20.1. The number of nitrogens with zero attached hydrogens (tertiary/aromatic N) is 9. The number of amides is 4. The lowest BCUT2D eigenvalue weighted by atomic mass is 10.0. The Labute approximate surface area is 770 Å². The van der Waals surface area contributed by atoms with Crippen LogP contribution in [-0.2, 0) is 14.3 Å². The van der Waals surface area contributed by atoms with Crippen LogP contribution in [0.2, 0.25) is 0 Å². The summed E-state index contributed by atoms with van der Waals surface area (Å²) in [4.78, 5) is 74.9. The van der Waals surface area contributed by atoms with Crippen molar-refractivity contribution in [3.8, 4) is 11.4 Å². The lowest BCUT2D eigenvalue weighted by molar-refractivity contribution is -0.146. The lowest BCUT2D eigenvalue weighted by Crippen LogP contribution is -2.54. The molecular formula is C49H55F79N12O10. The number of ether oxygens (including phenoxy) is 2. The highest BCUT2D eigenvalue weighted by molar-refractivity contribution is 6.06. The monoisotopic (exact) mass is 2470 g/mol. The molecule has 2 fully saturated rings. The number of carbonyl (C=O) groups excluding carboxylic acids is 4. The minimum Gasteiger partial charge on any atom is -0.481 e. The Balaban J connectivity index is -0.0000000322. The first-order chi connectivity index (χ1) is 72.7. The third-order valence-corrected chi connectivity index (χ3v) is 11.6. The van der Waals surface area contributed by atoms with Crippen molar-refractivity contribution in [1.29, 1.82) is 0 Å². The number of amidine groups is 1. The normalized spacial score (nSPS) is 8.08. The molecule has 0 spiro atoms. The first-order valence-electron chi connectivity index (χ1n) is 27.9. The van der Waals surface area contributed by atoms with Gasteiger partial charge in [-0.25, -0.2) is 19.6 Å². The Kier molecular flexibility index (Phi) is 400. The van der Waals surface area contributed by atoms with E-state index in [9.17, 15) is 24.0 Å². The van der Waals surface area contributed by atoms with E-state index in [1.165, 1.54) is 18.2 Å². The van der Waals surface area contributed by atoms with Gasteiger partial charge in [0.05, 0.1) is 31.3 Å². The van der Waals surface area contributed by atoms with E-state index in [1.54, 1.807) is 59.1 Å². The van der Waals surface area contributed by atoms with Crippen LogP contribution >= 0.6 is 0 Å². The van der Waals surface area contributed by atoms with E-state index in [2.05, 4.69) is 35.9 Å². The van der Waals surface area contributed by atoms with Crippen molar-refractivity contribution >= 4 is 58.5 Å². The predicted molar refractivity (Wildman–Crippen MR) is 349 cm³/mol. The number of carboxylic acid groups (broad SMARTS) is 1. The molecule has 9 rings (SSSR count). The molecule has 5 aromatic heterocycles. The van der Waals surface area contributed by atoms with Gasteiger partial charge in [0.1, 0.15) is 28.3 Å². The zero-order valence-electron chi connectivity index (χ0n) is 70.2. The fraction of sp³-hybridized carbons (Fsp3) is 0.306. The van der Waals surface area contributed by atoms with Crippen molar-refractivity contribution in [2.24, 2.45) is 16.8 Å². The Bertz CT molecular complexity index is 3320. The third-order valence-electron chi connectivity index (χ3n) is 11.6. The summed E-state index contributed by atoms with van der Waals surface area (Å²) in [5.41, 5.74) is 13.6. The van der Waals surface area contributed by atoms with Gasteiger partial charge in [-0.05, 0) is 107 Å². The second kappa shape index (κ2) is 252. The van der Waals surface area contributed by atoms with Gasteiger partial charge >= 0.3 is 18.2 Å². The molecule has 0 radical (unpaired) electrons. The van der Waals surface area contributed by atoms with Crippen LogP contribution in [0.1, 0.15) is 81.4 Å². The van der Waals surface area contributed by atoms with Gasteiger partial charge in [-0.3, -0.25) is 27.9 Å². The highest BCUT2D eigenvalue weighted by Crippen LogP contribution is 2.32. The first kappa shape index (κ1) is 238. The van der Waals surface area contributed by atoms with Crippen LogP contribution in [0.4, 0.5) is 382 Å². The molecule has 2 aromatic carbocycles. The molecule has 150 heavy (non-hydrogen) atoms. The van der Waals surface area contributed by atoms with E-state index in [4.69, 9.17) is 387 Å². The third kappa shape index (κ3) is 136. The Morgan fingerprint density at radius 2 is 0.633 bits per heavy atom. The second-order valence-electron chi connectivity index (χ2n) is 18.0. The van der Waals surface area contributed by atoms with Crippen LogP contribution in [0, 0.1) is 33.6 Å². The van der Waals surface area contributed by atoms with Crippen LogP contribution in [0.3, 0.4) is 0 Å². The van der Waals surface area contributed by atoms with Gasteiger partial charge < -0.3 is 50.5 Å². The lowest BCUT2D eigenvalue weighted by Gasteiger charge is -2.37. The number of anilines is 2. The number of carboxylic acids is 1. The minimum absolute atomic E-state index is 0. The van der Waals surface area contributed by atoms with E-state index in [1.807, 2.05) is 82.3 Å². The zero-order valence-corrected chi connectivity index (χ0v) is 70.2. The van der Waals surface area contributed by atoms with Crippen molar-refractivity contribution in [3.63, 3.8) is 0 Å². The number of pyridine rings is 2. The maximum Gasteiger partial charge on any atom is 0.410 e. The molecule has 0 saturated carbocycles. The van der Waals surface area contributed by atoms with Gasteiger partial charge in [0, 0.05) is 418 Å². The second-order valence-corrected chi connectivity index (χ2v) is 18.0. The number of benzene rings is 2. The smallest absolute Gasteiger partial charge is 0.410 e. The molecule has 22 nitrogen and oxygen atoms in total. The number of hydrogen-bond acceptors (Lipinski definition) is 14. The van der Waals surface area contributed by atoms with Gasteiger partial charge in [-0.1, -0.05) is 34.6 Å². The highest BCUT2D eigenvalue weighted by Gasteiger charge is 2.38. The van der Waals surface area contributed by atoms with E-state index in [0.717, 1.165) is 27.8 Å². The summed E-state index contributed by atoms with van der Waals surface area (Å²) < 4.78 is 643. The molecule has 0 aliphatic carbocycles. The number of halogens is 79. The molecule has 4 amide bonds. The van der Waals surface area contributed by atoms with Crippen LogP contribution in [-0.4, -0.2) is 124 Å².